The molecule has 0 spiro atoms. The zero-order valence-electron chi connectivity index (χ0n) is 11.6. The number of nitrogens with zero attached hydrogens (tertiary/aromatic N) is 2. The first-order valence-electron chi connectivity index (χ1n) is 6.63. The van der Waals surface area contributed by atoms with Gasteiger partial charge < -0.3 is 5.32 Å². The maximum Gasteiger partial charge on any atom is 0.0669 e. The second-order valence-electron chi connectivity index (χ2n) is 4.56. The fraction of sp³-hybridized carbons (Fsp3) is 0.500. The Bertz CT molecular complexity index is 533. The monoisotopic (exact) mass is 341 g/mol. The minimum absolute atomic E-state index is 0.337. The van der Waals surface area contributed by atoms with Gasteiger partial charge in [-0.1, -0.05) is 13.8 Å². The lowest BCUT2D eigenvalue weighted by atomic mass is 10.0. The van der Waals surface area contributed by atoms with Gasteiger partial charge in [0.2, 0.25) is 0 Å². The summed E-state index contributed by atoms with van der Waals surface area (Å²) in [5.41, 5.74) is 2.52. The summed E-state index contributed by atoms with van der Waals surface area (Å²) in [5, 5.41) is 10.3. The maximum atomic E-state index is 4.55. The van der Waals surface area contributed by atoms with Crippen LogP contribution in [0.5, 0.6) is 0 Å². The van der Waals surface area contributed by atoms with Crippen LogP contribution in [0.1, 0.15) is 36.0 Å². The zero-order valence-corrected chi connectivity index (χ0v) is 14.0. The van der Waals surface area contributed by atoms with Gasteiger partial charge in [-0.15, -0.1) is 11.3 Å². The standard InChI is InChI=1S/C14H20BrN3S/c1-4-12-10(9-18(3)17-12)13(16-5-2)8-14-11(15)6-7-19-14/h6-7,9,13,16H,4-5,8H2,1-3H3. The number of hydrogen-bond donors (Lipinski definition) is 1. The minimum atomic E-state index is 0.337. The number of thiophene rings is 1. The molecule has 0 bridgehead atoms. The summed E-state index contributed by atoms with van der Waals surface area (Å²) >= 11 is 5.43. The second-order valence-corrected chi connectivity index (χ2v) is 6.42. The van der Waals surface area contributed by atoms with Crippen molar-refractivity contribution in [1.29, 1.82) is 0 Å². The Balaban J connectivity index is 2.26. The number of likely N-dealkylation sites (N-methyl/N-ethyl adjacent to an activating group) is 1. The largest absolute Gasteiger partial charge is 0.310 e. The first-order chi connectivity index (χ1) is 9.15. The van der Waals surface area contributed by atoms with Crippen LogP contribution < -0.4 is 5.32 Å². The predicted octanol–water partition coefficient (Wildman–Crippen LogP) is 3.70. The van der Waals surface area contributed by atoms with Crippen molar-refractivity contribution in [2.75, 3.05) is 6.54 Å². The van der Waals surface area contributed by atoms with Crippen molar-refractivity contribution < 1.29 is 0 Å². The van der Waals surface area contributed by atoms with Crippen molar-refractivity contribution in [2.24, 2.45) is 7.05 Å². The van der Waals surface area contributed by atoms with Gasteiger partial charge in [0.1, 0.15) is 0 Å². The van der Waals surface area contributed by atoms with E-state index >= 15 is 0 Å². The van der Waals surface area contributed by atoms with E-state index in [9.17, 15) is 0 Å². The Morgan fingerprint density at radius 3 is 2.84 bits per heavy atom. The first kappa shape index (κ1) is 14.8. The molecule has 0 aromatic carbocycles. The maximum absolute atomic E-state index is 4.55. The number of hydrogen-bond acceptors (Lipinski definition) is 3. The molecule has 1 atom stereocenters. The summed E-state index contributed by atoms with van der Waals surface area (Å²) in [5.74, 6) is 0. The van der Waals surface area contributed by atoms with Gasteiger partial charge in [-0.05, 0) is 40.3 Å². The van der Waals surface area contributed by atoms with Crippen molar-refractivity contribution in [1.82, 2.24) is 15.1 Å². The number of rotatable bonds is 6. The molecule has 0 saturated carbocycles. The molecule has 1 N–H and O–H groups in total. The molecule has 2 aromatic rings. The molecule has 0 radical (unpaired) electrons. The molecular weight excluding hydrogens is 322 g/mol. The van der Waals surface area contributed by atoms with E-state index in [1.165, 1.54) is 20.6 Å². The second kappa shape index (κ2) is 6.68. The van der Waals surface area contributed by atoms with Gasteiger partial charge in [0.25, 0.3) is 0 Å². The number of nitrogens with one attached hydrogen (secondary N) is 1. The molecule has 1 unspecified atom stereocenters. The molecule has 2 aromatic heterocycles. The normalized spacial score (nSPS) is 12.8. The fourth-order valence-electron chi connectivity index (χ4n) is 2.31. The molecule has 0 aliphatic carbocycles. The highest BCUT2D eigenvalue weighted by Crippen LogP contribution is 2.29. The summed E-state index contributed by atoms with van der Waals surface area (Å²) in [7, 11) is 1.99. The van der Waals surface area contributed by atoms with E-state index in [2.05, 4.69) is 57.8 Å². The summed E-state index contributed by atoms with van der Waals surface area (Å²) in [6.45, 7) is 5.28. The zero-order chi connectivity index (χ0) is 13.8. The Morgan fingerprint density at radius 2 is 2.26 bits per heavy atom. The van der Waals surface area contributed by atoms with Gasteiger partial charge in [0.15, 0.2) is 0 Å². The highest BCUT2D eigenvalue weighted by molar-refractivity contribution is 9.10. The molecule has 0 fully saturated rings. The Morgan fingerprint density at radius 1 is 1.47 bits per heavy atom. The van der Waals surface area contributed by atoms with Crippen LogP contribution in [0.4, 0.5) is 0 Å². The molecule has 0 aliphatic heterocycles. The van der Waals surface area contributed by atoms with Crippen LogP contribution in [0.15, 0.2) is 22.1 Å². The SMILES string of the molecule is CCNC(Cc1sccc1Br)c1cn(C)nc1CC. The number of aromatic nitrogens is 2. The van der Waals surface area contributed by atoms with Gasteiger partial charge in [0.05, 0.1) is 5.69 Å². The molecule has 0 amide bonds. The fourth-order valence-corrected chi connectivity index (χ4v) is 3.87. The third-order valence-corrected chi connectivity index (χ3v) is 5.13. The lowest BCUT2D eigenvalue weighted by Crippen LogP contribution is -2.23. The van der Waals surface area contributed by atoms with Gasteiger partial charge in [-0.3, -0.25) is 4.68 Å². The lowest BCUT2D eigenvalue weighted by Gasteiger charge is -2.17. The Hall–Kier alpha value is -0.650. The third-order valence-electron chi connectivity index (χ3n) is 3.18. The highest BCUT2D eigenvalue weighted by atomic mass is 79.9. The average Bonchev–Trinajstić information content (AvgIpc) is 2.95. The molecule has 3 nitrogen and oxygen atoms in total. The first-order valence-corrected chi connectivity index (χ1v) is 8.30. The van der Waals surface area contributed by atoms with Crippen molar-refractivity contribution in [3.05, 3.63) is 38.3 Å². The van der Waals surface area contributed by atoms with E-state index in [0.29, 0.717) is 6.04 Å². The van der Waals surface area contributed by atoms with E-state index in [4.69, 9.17) is 0 Å². The molecule has 2 rings (SSSR count). The van der Waals surface area contributed by atoms with Gasteiger partial charge in [-0.25, -0.2) is 0 Å². The molecule has 5 heteroatoms. The predicted molar refractivity (Wildman–Crippen MR) is 84.7 cm³/mol. The van der Waals surface area contributed by atoms with Crippen molar-refractivity contribution in [3.63, 3.8) is 0 Å². The van der Waals surface area contributed by atoms with E-state index in [0.717, 1.165) is 19.4 Å². The van der Waals surface area contributed by atoms with Gasteiger partial charge in [-0.2, -0.15) is 5.10 Å². The van der Waals surface area contributed by atoms with E-state index in [1.54, 1.807) is 11.3 Å². The number of aryl methyl sites for hydroxylation is 2. The summed E-state index contributed by atoms with van der Waals surface area (Å²) < 4.78 is 3.13. The van der Waals surface area contributed by atoms with Gasteiger partial charge >= 0.3 is 0 Å². The van der Waals surface area contributed by atoms with E-state index in [1.807, 2.05) is 11.7 Å². The van der Waals surface area contributed by atoms with Crippen molar-refractivity contribution in [2.45, 2.75) is 32.7 Å². The van der Waals surface area contributed by atoms with Crippen LogP contribution >= 0.6 is 27.3 Å². The van der Waals surface area contributed by atoms with Crippen LogP contribution in [-0.2, 0) is 19.9 Å². The van der Waals surface area contributed by atoms with Crippen molar-refractivity contribution in [3.8, 4) is 0 Å². The molecule has 2 heterocycles. The van der Waals surface area contributed by atoms with Gasteiger partial charge in [0, 0.05) is 40.6 Å². The molecular formula is C14H20BrN3S. The van der Waals surface area contributed by atoms with Crippen LogP contribution in [-0.4, -0.2) is 16.3 Å². The number of halogens is 1. The Labute approximate surface area is 127 Å². The topological polar surface area (TPSA) is 29.9 Å². The molecule has 0 aliphatic rings. The lowest BCUT2D eigenvalue weighted by molar-refractivity contribution is 0.548. The quantitative estimate of drug-likeness (QED) is 0.868. The minimum Gasteiger partial charge on any atom is -0.310 e. The Kier molecular flexibility index (Phi) is 5.19. The van der Waals surface area contributed by atoms with Crippen molar-refractivity contribution >= 4 is 27.3 Å². The van der Waals surface area contributed by atoms with Crippen LogP contribution in [0.25, 0.3) is 0 Å². The molecule has 0 saturated heterocycles. The summed E-state index contributed by atoms with van der Waals surface area (Å²) in [4.78, 5) is 1.39. The average molecular weight is 342 g/mol. The summed E-state index contributed by atoms with van der Waals surface area (Å²) in [6, 6.07) is 2.45. The molecule has 19 heavy (non-hydrogen) atoms. The molecule has 104 valence electrons. The highest BCUT2D eigenvalue weighted by Gasteiger charge is 2.19. The smallest absolute Gasteiger partial charge is 0.0669 e. The van der Waals surface area contributed by atoms with Crippen LogP contribution in [0, 0.1) is 0 Å². The van der Waals surface area contributed by atoms with E-state index in [-0.39, 0.29) is 0 Å². The van der Waals surface area contributed by atoms with Crippen LogP contribution in [0.3, 0.4) is 0 Å². The van der Waals surface area contributed by atoms with Crippen LogP contribution in [0.2, 0.25) is 0 Å². The third kappa shape index (κ3) is 3.46. The van der Waals surface area contributed by atoms with E-state index < -0.39 is 0 Å². The summed E-state index contributed by atoms with van der Waals surface area (Å²) in [6.07, 6.45) is 4.13.